The van der Waals surface area contributed by atoms with E-state index in [4.69, 9.17) is 10.5 Å². The Balaban J connectivity index is 1.27. The molecule has 0 spiro atoms. The van der Waals surface area contributed by atoms with Crippen molar-refractivity contribution < 1.29 is 19.1 Å². The minimum Gasteiger partial charge on any atom is -0.465 e. The molecule has 1 aliphatic rings. The standard InChI is InChI=1S/C27H24N2O4/c1-32-26(30)23-14-13-18(16-25(23)28)8-6-7-15-29-27(31)33-17-24-21-11-4-2-9-19(21)20-10-3-5-12-22(20)24/h2-5,9-14,16,24H,7,15,17,28H2,1H3,(H,29,31). The second-order valence-electron chi connectivity index (χ2n) is 7.60. The maximum absolute atomic E-state index is 12.2. The van der Waals surface area contributed by atoms with E-state index in [9.17, 15) is 9.59 Å². The molecule has 0 radical (unpaired) electrons. The number of esters is 1. The van der Waals surface area contributed by atoms with Gasteiger partial charge < -0.3 is 20.5 Å². The number of amides is 1. The van der Waals surface area contributed by atoms with Gasteiger partial charge in [0, 0.05) is 30.1 Å². The zero-order chi connectivity index (χ0) is 23.2. The summed E-state index contributed by atoms with van der Waals surface area (Å²) in [6.07, 6.45) is -0.0200. The van der Waals surface area contributed by atoms with Crippen LogP contribution < -0.4 is 11.1 Å². The molecule has 3 aromatic rings. The molecular formula is C27H24N2O4. The van der Waals surface area contributed by atoms with Crippen molar-refractivity contribution in [3.63, 3.8) is 0 Å². The third kappa shape index (κ3) is 4.83. The fourth-order valence-electron chi connectivity index (χ4n) is 3.98. The Morgan fingerprint density at radius 1 is 1.00 bits per heavy atom. The van der Waals surface area contributed by atoms with Crippen LogP contribution in [0.3, 0.4) is 0 Å². The Kier molecular flexibility index (Phi) is 6.61. The molecule has 4 rings (SSSR count). The summed E-state index contributed by atoms with van der Waals surface area (Å²) in [5.74, 6) is 5.49. The Morgan fingerprint density at radius 3 is 2.30 bits per heavy atom. The summed E-state index contributed by atoms with van der Waals surface area (Å²) in [5, 5.41) is 2.73. The van der Waals surface area contributed by atoms with Crippen LogP contribution in [0, 0.1) is 11.8 Å². The van der Waals surface area contributed by atoms with Crippen molar-refractivity contribution in [2.75, 3.05) is 26.0 Å². The van der Waals surface area contributed by atoms with Gasteiger partial charge in [0.05, 0.1) is 12.7 Å². The lowest BCUT2D eigenvalue weighted by molar-refractivity contribution is 0.0602. The first-order chi connectivity index (χ1) is 16.1. The predicted octanol–water partition coefficient (Wildman–Crippen LogP) is 4.34. The first kappa shape index (κ1) is 22.0. The van der Waals surface area contributed by atoms with Gasteiger partial charge in [-0.15, -0.1) is 0 Å². The van der Waals surface area contributed by atoms with Crippen molar-refractivity contribution in [3.05, 3.63) is 89.0 Å². The second kappa shape index (κ2) is 9.92. The number of hydrogen-bond acceptors (Lipinski definition) is 5. The van der Waals surface area contributed by atoms with Crippen LogP contribution >= 0.6 is 0 Å². The van der Waals surface area contributed by atoms with Crippen LogP contribution in [0.25, 0.3) is 11.1 Å². The van der Waals surface area contributed by atoms with Gasteiger partial charge in [-0.2, -0.15) is 0 Å². The number of fused-ring (bicyclic) bond motifs is 3. The largest absolute Gasteiger partial charge is 0.465 e. The van der Waals surface area contributed by atoms with Crippen LogP contribution in [-0.2, 0) is 9.47 Å². The number of hydrogen-bond donors (Lipinski definition) is 2. The highest BCUT2D eigenvalue weighted by Crippen LogP contribution is 2.44. The number of nitrogen functional groups attached to an aromatic ring is 1. The third-order valence-electron chi connectivity index (χ3n) is 5.55. The first-order valence-electron chi connectivity index (χ1n) is 10.6. The van der Waals surface area contributed by atoms with Gasteiger partial charge in [0.15, 0.2) is 0 Å². The molecule has 0 aliphatic heterocycles. The molecular weight excluding hydrogens is 416 g/mol. The topological polar surface area (TPSA) is 90.6 Å². The molecule has 1 amide bonds. The molecule has 0 unspecified atom stereocenters. The van der Waals surface area contributed by atoms with E-state index >= 15 is 0 Å². The molecule has 6 heteroatoms. The number of benzene rings is 3. The predicted molar refractivity (Wildman–Crippen MR) is 127 cm³/mol. The number of alkyl carbamates (subject to hydrolysis) is 1. The van der Waals surface area contributed by atoms with Crippen LogP contribution in [0.4, 0.5) is 10.5 Å². The number of methoxy groups -OCH3 is 1. The summed E-state index contributed by atoms with van der Waals surface area (Å²) >= 11 is 0. The summed E-state index contributed by atoms with van der Waals surface area (Å²) in [4.78, 5) is 23.8. The molecule has 0 atom stereocenters. The molecule has 0 bridgehead atoms. The van der Waals surface area contributed by atoms with Crippen LogP contribution in [0.2, 0.25) is 0 Å². The van der Waals surface area contributed by atoms with E-state index in [1.165, 1.54) is 29.4 Å². The lowest BCUT2D eigenvalue weighted by Crippen LogP contribution is -2.26. The van der Waals surface area contributed by atoms with Gasteiger partial charge in [0.1, 0.15) is 6.61 Å². The van der Waals surface area contributed by atoms with Crippen LogP contribution in [0.1, 0.15) is 39.4 Å². The van der Waals surface area contributed by atoms with Crippen molar-refractivity contribution in [2.45, 2.75) is 12.3 Å². The molecule has 0 saturated heterocycles. The number of carbonyl (C=O) groups excluding carboxylic acids is 2. The molecule has 3 N–H and O–H groups in total. The summed E-state index contributed by atoms with van der Waals surface area (Å²) in [5.41, 5.74) is 11.9. The van der Waals surface area contributed by atoms with Crippen molar-refractivity contribution in [1.29, 1.82) is 0 Å². The number of nitrogens with one attached hydrogen (secondary N) is 1. The normalized spacial score (nSPS) is 11.5. The Labute approximate surface area is 192 Å². The molecule has 33 heavy (non-hydrogen) atoms. The minimum absolute atomic E-state index is 0.0290. The zero-order valence-corrected chi connectivity index (χ0v) is 18.3. The zero-order valence-electron chi connectivity index (χ0n) is 18.3. The Morgan fingerprint density at radius 2 is 1.67 bits per heavy atom. The van der Waals surface area contributed by atoms with Crippen molar-refractivity contribution in [3.8, 4) is 23.0 Å². The second-order valence-corrected chi connectivity index (χ2v) is 7.60. The lowest BCUT2D eigenvalue weighted by atomic mass is 9.98. The summed E-state index contributed by atoms with van der Waals surface area (Å²) in [7, 11) is 1.30. The fraction of sp³-hybridized carbons (Fsp3) is 0.185. The molecule has 0 aromatic heterocycles. The van der Waals surface area contributed by atoms with Gasteiger partial charge in [0.2, 0.25) is 0 Å². The van der Waals surface area contributed by atoms with Gasteiger partial charge in [-0.3, -0.25) is 0 Å². The Bertz CT molecular complexity index is 1210. The van der Waals surface area contributed by atoms with Gasteiger partial charge in [-0.1, -0.05) is 60.4 Å². The van der Waals surface area contributed by atoms with Crippen molar-refractivity contribution >= 4 is 17.7 Å². The number of ether oxygens (including phenoxy) is 2. The first-order valence-corrected chi connectivity index (χ1v) is 10.6. The highest BCUT2D eigenvalue weighted by Gasteiger charge is 2.28. The summed E-state index contributed by atoms with van der Waals surface area (Å²) in [6, 6.07) is 21.3. The Hall–Kier alpha value is -4.24. The van der Waals surface area contributed by atoms with Gasteiger partial charge in [0.25, 0.3) is 0 Å². The number of rotatable bonds is 5. The van der Waals surface area contributed by atoms with Gasteiger partial charge >= 0.3 is 12.1 Å². The highest BCUT2D eigenvalue weighted by atomic mass is 16.5. The molecule has 1 aliphatic carbocycles. The minimum atomic E-state index is -0.487. The molecule has 0 heterocycles. The molecule has 0 saturated carbocycles. The van der Waals surface area contributed by atoms with E-state index in [2.05, 4.69) is 46.2 Å². The average molecular weight is 440 g/mol. The van der Waals surface area contributed by atoms with E-state index in [0.29, 0.717) is 29.8 Å². The van der Waals surface area contributed by atoms with E-state index in [-0.39, 0.29) is 12.5 Å². The maximum Gasteiger partial charge on any atom is 0.407 e. The third-order valence-corrected chi connectivity index (χ3v) is 5.55. The van der Waals surface area contributed by atoms with Crippen molar-refractivity contribution in [1.82, 2.24) is 5.32 Å². The summed E-state index contributed by atoms with van der Waals surface area (Å²) < 4.78 is 10.2. The van der Waals surface area contributed by atoms with E-state index in [1.807, 2.05) is 24.3 Å². The number of anilines is 1. The molecule has 6 nitrogen and oxygen atoms in total. The smallest absolute Gasteiger partial charge is 0.407 e. The summed E-state index contributed by atoms with van der Waals surface area (Å²) in [6.45, 7) is 0.636. The SMILES string of the molecule is COC(=O)c1ccc(C#CCCNC(=O)OCC2c3ccccc3-c3ccccc32)cc1N. The lowest BCUT2D eigenvalue weighted by Gasteiger charge is -2.14. The molecule has 0 fully saturated rings. The van der Waals surface area contributed by atoms with Gasteiger partial charge in [-0.25, -0.2) is 9.59 Å². The molecule has 3 aromatic carbocycles. The fourth-order valence-corrected chi connectivity index (χ4v) is 3.98. The van der Waals surface area contributed by atoms with E-state index in [0.717, 1.165) is 0 Å². The number of nitrogens with two attached hydrogens (primary N) is 1. The van der Waals surface area contributed by atoms with Crippen LogP contribution in [0.15, 0.2) is 66.7 Å². The van der Waals surface area contributed by atoms with Gasteiger partial charge in [-0.05, 0) is 40.5 Å². The average Bonchev–Trinajstić information content (AvgIpc) is 3.16. The quantitative estimate of drug-likeness (QED) is 0.267. The van der Waals surface area contributed by atoms with E-state index in [1.54, 1.807) is 18.2 Å². The van der Waals surface area contributed by atoms with Crippen molar-refractivity contribution in [2.24, 2.45) is 0 Å². The maximum atomic E-state index is 12.2. The monoisotopic (exact) mass is 440 g/mol. The number of carbonyl (C=O) groups is 2. The van der Waals surface area contributed by atoms with E-state index < -0.39 is 12.1 Å². The highest BCUT2D eigenvalue weighted by molar-refractivity contribution is 5.95. The van der Waals surface area contributed by atoms with Crippen LogP contribution in [0.5, 0.6) is 0 Å². The molecule has 166 valence electrons. The van der Waals surface area contributed by atoms with Crippen LogP contribution in [-0.4, -0.2) is 32.3 Å².